The molecular weight excluding hydrogens is 198 g/mol. The zero-order chi connectivity index (χ0) is 11.4. The maximum atomic E-state index is 5.49. The summed E-state index contributed by atoms with van der Waals surface area (Å²) in [5.41, 5.74) is 0. The average Bonchev–Trinajstić information content (AvgIpc) is 2.79. The van der Waals surface area contributed by atoms with Crippen LogP contribution in [0.15, 0.2) is 22.8 Å². The SMILES string of the molecule is CCC(NC1CCCC(C)C1)c1ccco1. The van der Waals surface area contributed by atoms with Crippen molar-refractivity contribution >= 4 is 0 Å². The van der Waals surface area contributed by atoms with Gasteiger partial charge in [0.25, 0.3) is 0 Å². The molecule has 0 amide bonds. The third-order valence-corrected chi connectivity index (χ3v) is 3.67. The molecule has 0 saturated heterocycles. The summed E-state index contributed by atoms with van der Waals surface area (Å²) in [5, 5.41) is 3.74. The second-order valence-corrected chi connectivity index (χ2v) is 5.11. The first kappa shape index (κ1) is 11.7. The van der Waals surface area contributed by atoms with Gasteiger partial charge in [-0.2, -0.15) is 0 Å². The molecule has 3 atom stereocenters. The largest absolute Gasteiger partial charge is 0.468 e. The zero-order valence-corrected chi connectivity index (χ0v) is 10.4. The van der Waals surface area contributed by atoms with Crippen LogP contribution < -0.4 is 5.32 Å². The summed E-state index contributed by atoms with van der Waals surface area (Å²) in [5.74, 6) is 1.96. The number of furan rings is 1. The number of hydrogen-bond acceptors (Lipinski definition) is 2. The van der Waals surface area contributed by atoms with E-state index in [9.17, 15) is 0 Å². The smallest absolute Gasteiger partial charge is 0.120 e. The van der Waals surface area contributed by atoms with Crippen molar-refractivity contribution < 1.29 is 4.42 Å². The van der Waals surface area contributed by atoms with Gasteiger partial charge in [0, 0.05) is 6.04 Å². The van der Waals surface area contributed by atoms with Crippen molar-refractivity contribution in [3.05, 3.63) is 24.2 Å². The molecule has 1 aromatic heterocycles. The molecule has 2 rings (SSSR count). The van der Waals surface area contributed by atoms with Gasteiger partial charge in [-0.1, -0.05) is 26.7 Å². The highest BCUT2D eigenvalue weighted by molar-refractivity contribution is 5.04. The van der Waals surface area contributed by atoms with Crippen LogP contribution in [-0.4, -0.2) is 6.04 Å². The third-order valence-electron chi connectivity index (χ3n) is 3.67. The van der Waals surface area contributed by atoms with Crippen LogP contribution in [0.1, 0.15) is 57.8 Å². The van der Waals surface area contributed by atoms with E-state index in [-0.39, 0.29) is 0 Å². The minimum atomic E-state index is 0.394. The van der Waals surface area contributed by atoms with Crippen LogP contribution in [0.25, 0.3) is 0 Å². The van der Waals surface area contributed by atoms with Gasteiger partial charge >= 0.3 is 0 Å². The maximum absolute atomic E-state index is 5.49. The van der Waals surface area contributed by atoms with E-state index in [1.165, 1.54) is 25.7 Å². The van der Waals surface area contributed by atoms with Crippen molar-refractivity contribution in [1.82, 2.24) is 5.32 Å². The molecule has 1 heterocycles. The molecule has 1 saturated carbocycles. The van der Waals surface area contributed by atoms with Crippen molar-refractivity contribution in [2.45, 2.75) is 58.0 Å². The highest BCUT2D eigenvalue weighted by Gasteiger charge is 2.22. The quantitative estimate of drug-likeness (QED) is 0.834. The molecule has 1 aromatic rings. The van der Waals surface area contributed by atoms with Crippen LogP contribution in [0.2, 0.25) is 0 Å². The Kier molecular flexibility index (Phi) is 4.05. The van der Waals surface area contributed by atoms with Crippen LogP contribution in [-0.2, 0) is 0 Å². The number of rotatable bonds is 4. The molecule has 0 spiro atoms. The Morgan fingerprint density at radius 1 is 1.50 bits per heavy atom. The van der Waals surface area contributed by atoms with Crippen LogP contribution in [0.3, 0.4) is 0 Å². The van der Waals surface area contributed by atoms with E-state index in [1.54, 1.807) is 6.26 Å². The van der Waals surface area contributed by atoms with E-state index in [0.717, 1.165) is 18.1 Å². The summed E-state index contributed by atoms with van der Waals surface area (Å²) in [6, 6.07) is 5.13. The Morgan fingerprint density at radius 2 is 2.38 bits per heavy atom. The van der Waals surface area contributed by atoms with Crippen molar-refractivity contribution in [2.24, 2.45) is 5.92 Å². The van der Waals surface area contributed by atoms with Crippen molar-refractivity contribution in [2.75, 3.05) is 0 Å². The van der Waals surface area contributed by atoms with Gasteiger partial charge in [0.1, 0.15) is 5.76 Å². The zero-order valence-electron chi connectivity index (χ0n) is 10.4. The van der Waals surface area contributed by atoms with Gasteiger partial charge in [-0.05, 0) is 37.3 Å². The summed E-state index contributed by atoms with van der Waals surface area (Å²) < 4.78 is 5.49. The standard InChI is InChI=1S/C14H23NO/c1-3-13(14-8-5-9-16-14)15-12-7-4-6-11(2)10-12/h5,8-9,11-13,15H,3-4,6-7,10H2,1-2H3. The predicted molar refractivity (Wildman–Crippen MR) is 66.3 cm³/mol. The first-order valence-corrected chi connectivity index (χ1v) is 6.59. The van der Waals surface area contributed by atoms with E-state index < -0.39 is 0 Å². The van der Waals surface area contributed by atoms with E-state index in [4.69, 9.17) is 4.42 Å². The topological polar surface area (TPSA) is 25.2 Å². The molecule has 0 aliphatic heterocycles. The van der Waals surface area contributed by atoms with Gasteiger partial charge in [-0.25, -0.2) is 0 Å². The van der Waals surface area contributed by atoms with Crippen LogP contribution in [0.4, 0.5) is 0 Å². The minimum Gasteiger partial charge on any atom is -0.468 e. The van der Waals surface area contributed by atoms with E-state index in [1.807, 2.05) is 6.07 Å². The lowest BCUT2D eigenvalue weighted by Crippen LogP contribution is -2.36. The fourth-order valence-electron chi connectivity index (χ4n) is 2.76. The van der Waals surface area contributed by atoms with Crippen LogP contribution >= 0.6 is 0 Å². The van der Waals surface area contributed by atoms with E-state index >= 15 is 0 Å². The van der Waals surface area contributed by atoms with Gasteiger partial charge in [0.15, 0.2) is 0 Å². The van der Waals surface area contributed by atoms with Gasteiger partial charge < -0.3 is 9.73 Å². The Bertz CT molecular complexity index is 294. The summed E-state index contributed by atoms with van der Waals surface area (Å²) in [7, 11) is 0. The highest BCUT2D eigenvalue weighted by Crippen LogP contribution is 2.26. The molecule has 0 bridgehead atoms. The van der Waals surface area contributed by atoms with Gasteiger partial charge in [0.2, 0.25) is 0 Å². The Morgan fingerprint density at radius 3 is 3.00 bits per heavy atom. The molecule has 1 aliphatic rings. The lowest BCUT2D eigenvalue weighted by Gasteiger charge is -2.30. The minimum absolute atomic E-state index is 0.394. The first-order chi connectivity index (χ1) is 7.79. The summed E-state index contributed by atoms with van der Waals surface area (Å²) >= 11 is 0. The second-order valence-electron chi connectivity index (χ2n) is 5.11. The van der Waals surface area contributed by atoms with Crippen molar-refractivity contribution in [1.29, 1.82) is 0 Å². The normalized spacial score (nSPS) is 27.9. The molecule has 1 aliphatic carbocycles. The molecule has 1 N–H and O–H groups in total. The summed E-state index contributed by atoms with van der Waals surface area (Å²) in [4.78, 5) is 0. The fraction of sp³-hybridized carbons (Fsp3) is 0.714. The van der Waals surface area contributed by atoms with Gasteiger partial charge in [0.05, 0.1) is 12.3 Å². The molecule has 3 unspecified atom stereocenters. The Balaban J connectivity index is 1.91. The Labute approximate surface area is 98.4 Å². The fourth-order valence-corrected chi connectivity index (χ4v) is 2.76. The molecule has 2 heteroatoms. The maximum Gasteiger partial charge on any atom is 0.120 e. The monoisotopic (exact) mass is 221 g/mol. The summed E-state index contributed by atoms with van der Waals surface area (Å²) in [6.45, 7) is 4.58. The molecule has 0 aromatic carbocycles. The molecular formula is C14H23NO. The van der Waals surface area contributed by atoms with Crippen LogP contribution in [0.5, 0.6) is 0 Å². The number of nitrogens with one attached hydrogen (secondary N) is 1. The van der Waals surface area contributed by atoms with Crippen molar-refractivity contribution in [3.8, 4) is 0 Å². The number of hydrogen-bond donors (Lipinski definition) is 1. The average molecular weight is 221 g/mol. The van der Waals surface area contributed by atoms with Gasteiger partial charge in [-0.3, -0.25) is 0 Å². The molecule has 2 nitrogen and oxygen atoms in total. The van der Waals surface area contributed by atoms with Gasteiger partial charge in [-0.15, -0.1) is 0 Å². The highest BCUT2D eigenvalue weighted by atomic mass is 16.3. The second kappa shape index (κ2) is 5.53. The first-order valence-electron chi connectivity index (χ1n) is 6.59. The van der Waals surface area contributed by atoms with Crippen molar-refractivity contribution in [3.63, 3.8) is 0 Å². The molecule has 1 fully saturated rings. The van der Waals surface area contributed by atoms with E-state index in [0.29, 0.717) is 12.1 Å². The molecule has 16 heavy (non-hydrogen) atoms. The lowest BCUT2D eigenvalue weighted by molar-refractivity contribution is 0.265. The molecule has 90 valence electrons. The third kappa shape index (κ3) is 2.88. The predicted octanol–water partition coefficient (Wildman–Crippen LogP) is 3.90. The van der Waals surface area contributed by atoms with Crippen LogP contribution in [0, 0.1) is 5.92 Å². The lowest BCUT2D eigenvalue weighted by atomic mass is 9.86. The molecule has 0 radical (unpaired) electrons. The Hall–Kier alpha value is -0.760. The van der Waals surface area contributed by atoms with E-state index in [2.05, 4.69) is 25.2 Å². The summed E-state index contributed by atoms with van der Waals surface area (Å²) in [6.07, 6.45) is 8.27.